The van der Waals surface area contributed by atoms with Crippen LogP contribution in [0.15, 0.2) is 12.4 Å². The van der Waals surface area contributed by atoms with Crippen LogP contribution >= 0.6 is 0 Å². The summed E-state index contributed by atoms with van der Waals surface area (Å²) in [5.41, 5.74) is 0. The van der Waals surface area contributed by atoms with Gasteiger partial charge in [-0.2, -0.15) is 0 Å². The molecule has 21 heavy (non-hydrogen) atoms. The second kappa shape index (κ2) is 7.24. The van der Waals surface area contributed by atoms with Crippen molar-refractivity contribution in [3.8, 4) is 5.88 Å². The molecular weight excluding hydrogens is 268 g/mol. The average molecular weight is 292 g/mol. The summed E-state index contributed by atoms with van der Waals surface area (Å²) >= 11 is 0. The Labute approximate surface area is 126 Å². The third kappa shape index (κ3) is 4.06. The van der Waals surface area contributed by atoms with E-state index in [0.29, 0.717) is 18.8 Å². The Morgan fingerprint density at radius 2 is 2.19 bits per heavy atom. The quantitative estimate of drug-likeness (QED) is 0.827. The van der Waals surface area contributed by atoms with Gasteiger partial charge in [0.15, 0.2) is 5.82 Å². The fourth-order valence-electron chi connectivity index (χ4n) is 2.50. The fourth-order valence-corrected chi connectivity index (χ4v) is 2.50. The van der Waals surface area contributed by atoms with Gasteiger partial charge >= 0.3 is 0 Å². The SMILES string of the molecule is CCCC(=O)N1CCCC(Oc2nccnc2N(C)C)C1. The molecule has 1 saturated heterocycles. The van der Waals surface area contributed by atoms with Gasteiger partial charge in [-0.3, -0.25) is 4.79 Å². The Hall–Kier alpha value is -1.85. The zero-order valence-electron chi connectivity index (χ0n) is 13.1. The van der Waals surface area contributed by atoms with Gasteiger partial charge in [0, 0.05) is 39.5 Å². The summed E-state index contributed by atoms with van der Waals surface area (Å²) in [4.78, 5) is 24.3. The zero-order valence-corrected chi connectivity index (χ0v) is 13.1. The van der Waals surface area contributed by atoms with Crippen molar-refractivity contribution >= 4 is 11.7 Å². The van der Waals surface area contributed by atoms with Gasteiger partial charge in [-0.05, 0) is 19.3 Å². The Balaban J connectivity index is 2.01. The molecule has 0 bridgehead atoms. The molecule has 0 radical (unpaired) electrons. The molecule has 1 aromatic rings. The van der Waals surface area contributed by atoms with Gasteiger partial charge in [0.1, 0.15) is 6.10 Å². The number of ether oxygens (including phenoxy) is 1. The monoisotopic (exact) mass is 292 g/mol. The lowest BCUT2D eigenvalue weighted by Gasteiger charge is -2.33. The number of aromatic nitrogens is 2. The number of hydrogen-bond acceptors (Lipinski definition) is 5. The first kappa shape index (κ1) is 15.5. The molecule has 1 aromatic heterocycles. The number of piperidine rings is 1. The molecule has 1 amide bonds. The Bertz CT molecular complexity index is 478. The zero-order chi connectivity index (χ0) is 15.2. The van der Waals surface area contributed by atoms with Gasteiger partial charge in [0.05, 0.1) is 6.54 Å². The maximum atomic E-state index is 12.0. The van der Waals surface area contributed by atoms with Crippen molar-refractivity contribution in [2.75, 3.05) is 32.1 Å². The normalized spacial score (nSPS) is 18.4. The molecule has 116 valence electrons. The summed E-state index contributed by atoms with van der Waals surface area (Å²) < 4.78 is 6.00. The molecule has 0 aromatic carbocycles. The van der Waals surface area contributed by atoms with Crippen LogP contribution in [-0.4, -0.2) is 54.1 Å². The van der Waals surface area contributed by atoms with Crippen molar-refractivity contribution in [3.05, 3.63) is 12.4 Å². The molecule has 1 aliphatic heterocycles. The van der Waals surface area contributed by atoms with Crippen LogP contribution in [0.25, 0.3) is 0 Å². The van der Waals surface area contributed by atoms with Crippen LogP contribution in [0.1, 0.15) is 32.6 Å². The molecule has 1 aliphatic rings. The lowest BCUT2D eigenvalue weighted by molar-refractivity contribution is -0.133. The number of amides is 1. The van der Waals surface area contributed by atoms with E-state index in [-0.39, 0.29) is 12.0 Å². The first-order chi connectivity index (χ1) is 10.1. The predicted octanol–water partition coefficient (Wildman–Crippen LogP) is 1.71. The first-order valence-electron chi connectivity index (χ1n) is 7.54. The molecule has 0 spiro atoms. The van der Waals surface area contributed by atoms with Crippen molar-refractivity contribution in [2.24, 2.45) is 0 Å². The number of nitrogens with zero attached hydrogens (tertiary/aromatic N) is 4. The number of anilines is 1. The van der Waals surface area contributed by atoms with Crippen molar-refractivity contribution in [1.82, 2.24) is 14.9 Å². The van der Waals surface area contributed by atoms with Crippen LogP contribution in [0.2, 0.25) is 0 Å². The molecule has 2 rings (SSSR count). The summed E-state index contributed by atoms with van der Waals surface area (Å²) in [6.07, 6.45) is 6.69. The molecule has 6 nitrogen and oxygen atoms in total. The largest absolute Gasteiger partial charge is 0.470 e. The van der Waals surface area contributed by atoms with E-state index < -0.39 is 0 Å². The molecule has 6 heteroatoms. The number of hydrogen-bond donors (Lipinski definition) is 0. The minimum absolute atomic E-state index is 0.00467. The van der Waals surface area contributed by atoms with Crippen molar-refractivity contribution in [1.29, 1.82) is 0 Å². The van der Waals surface area contributed by atoms with Crippen LogP contribution < -0.4 is 9.64 Å². The smallest absolute Gasteiger partial charge is 0.257 e. The fraction of sp³-hybridized carbons (Fsp3) is 0.667. The number of carbonyl (C=O) groups excluding carboxylic acids is 1. The molecule has 1 atom stereocenters. The van der Waals surface area contributed by atoms with E-state index >= 15 is 0 Å². The lowest BCUT2D eigenvalue weighted by atomic mass is 10.1. The van der Waals surface area contributed by atoms with Crippen LogP contribution in [0.3, 0.4) is 0 Å². The van der Waals surface area contributed by atoms with E-state index in [1.54, 1.807) is 12.4 Å². The molecular formula is C15H24N4O2. The summed E-state index contributed by atoms with van der Waals surface area (Å²) in [6.45, 7) is 3.50. The van der Waals surface area contributed by atoms with Gasteiger partial charge in [0.2, 0.25) is 5.91 Å². The van der Waals surface area contributed by atoms with Gasteiger partial charge in [0.25, 0.3) is 5.88 Å². The van der Waals surface area contributed by atoms with E-state index in [4.69, 9.17) is 4.74 Å². The topological polar surface area (TPSA) is 58.6 Å². The van der Waals surface area contributed by atoms with E-state index in [1.807, 2.05) is 30.8 Å². The maximum absolute atomic E-state index is 12.0. The highest BCUT2D eigenvalue weighted by Crippen LogP contribution is 2.24. The van der Waals surface area contributed by atoms with Gasteiger partial charge in [-0.15, -0.1) is 0 Å². The predicted molar refractivity (Wildman–Crippen MR) is 81.5 cm³/mol. The van der Waals surface area contributed by atoms with E-state index in [2.05, 4.69) is 9.97 Å². The summed E-state index contributed by atoms with van der Waals surface area (Å²) in [5, 5.41) is 0. The van der Waals surface area contributed by atoms with Crippen LogP contribution in [0.4, 0.5) is 5.82 Å². The standard InChI is InChI=1S/C15H24N4O2/c1-4-6-13(20)19-10-5-7-12(11-19)21-15-14(18(2)3)16-8-9-17-15/h8-9,12H,4-7,10-11H2,1-3H3. The Morgan fingerprint density at radius 3 is 2.90 bits per heavy atom. The summed E-state index contributed by atoms with van der Waals surface area (Å²) in [7, 11) is 3.82. The Morgan fingerprint density at radius 1 is 1.43 bits per heavy atom. The lowest BCUT2D eigenvalue weighted by Crippen LogP contribution is -2.44. The highest BCUT2D eigenvalue weighted by molar-refractivity contribution is 5.76. The van der Waals surface area contributed by atoms with Gasteiger partial charge in [-0.1, -0.05) is 6.92 Å². The minimum Gasteiger partial charge on any atom is -0.470 e. The summed E-state index contributed by atoms with van der Waals surface area (Å²) in [6, 6.07) is 0. The minimum atomic E-state index is -0.00467. The second-order valence-corrected chi connectivity index (χ2v) is 5.55. The van der Waals surface area contributed by atoms with Gasteiger partial charge < -0.3 is 14.5 Å². The number of rotatable bonds is 5. The maximum Gasteiger partial charge on any atom is 0.257 e. The van der Waals surface area contributed by atoms with E-state index in [9.17, 15) is 4.79 Å². The molecule has 2 heterocycles. The molecule has 1 fully saturated rings. The van der Waals surface area contributed by atoms with E-state index in [0.717, 1.165) is 31.6 Å². The molecule has 0 aliphatic carbocycles. The van der Waals surface area contributed by atoms with Crippen LogP contribution in [0.5, 0.6) is 5.88 Å². The molecule has 0 N–H and O–H groups in total. The number of likely N-dealkylation sites (tertiary alicyclic amines) is 1. The summed E-state index contributed by atoms with van der Waals surface area (Å²) in [5.74, 6) is 1.48. The second-order valence-electron chi connectivity index (χ2n) is 5.55. The van der Waals surface area contributed by atoms with Crippen molar-refractivity contribution < 1.29 is 9.53 Å². The molecule has 1 unspecified atom stereocenters. The molecule has 0 saturated carbocycles. The van der Waals surface area contributed by atoms with Gasteiger partial charge in [-0.25, -0.2) is 9.97 Å². The average Bonchev–Trinajstić information content (AvgIpc) is 2.48. The van der Waals surface area contributed by atoms with Crippen molar-refractivity contribution in [2.45, 2.75) is 38.7 Å². The number of carbonyl (C=O) groups is 1. The van der Waals surface area contributed by atoms with Crippen LogP contribution in [0, 0.1) is 0 Å². The third-order valence-electron chi connectivity index (χ3n) is 3.54. The third-order valence-corrected chi connectivity index (χ3v) is 3.54. The van der Waals surface area contributed by atoms with E-state index in [1.165, 1.54) is 0 Å². The highest BCUT2D eigenvalue weighted by Gasteiger charge is 2.25. The van der Waals surface area contributed by atoms with Crippen molar-refractivity contribution in [3.63, 3.8) is 0 Å². The highest BCUT2D eigenvalue weighted by atomic mass is 16.5. The van der Waals surface area contributed by atoms with Crippen LogP contribution in [-0.2, 0) is 4.79 Å². The Kier molecular flexibility index (Phi) is 5.36. The first-order valence-corrected chi connectivity index (χ1v) is 7.54.